The molecule has 0 spiro atoms. The van der Waals surface area contributed by atoms with E-state index in [2.05, 4.69) is 0 Å². The Hall–Kier alpha value is -0.730. The van der Waals surface area contributed by atoms with Crippen molar-refractivity contribution < 1.29 is 9.53 Å². The van der Waals surface area contributed by atoms with E-state index < -0.39 is 0 Å². The first-order chi connectivity index (χ1) is 7.66. The number of carbonyl (C=O) groups is 1. The van der Waals surface area contributed by atoms with Gasteiger partial charge in [0.2, 0.25) is 0 Å². The Kier molecular flexibility index (Phi) is 3.72. The molecule has 0 amide bonds. The standard InChI is InChI=1S/C12H12Cl2O2/c13-9-5-6-11(10(14)7-9)16-12(15)8-3-1-2-4-8/h5-8H,1-4H2. The fraction of sp³-hybridized carbons (Fsp3) is 0.417. The highest BCUT2D eigenvalue weighted by molar-refractivity contribution is 6.35. The molecule has 0 atom stereocenters. The van der Waals surface area contributed by atoms with Gasteiger partial charge in [0, 0.05) is 5.02 Å². The van der Waals surface area contributed by atoms with Crippen molar-refractivity contribution in [1.82, 2.24) is 0 Å². The topological polar surface area (TPSA) is 26.3 Å². The first-order valence-corrected chi connectivity index (χ1v) is 6.09. The summed E-state index contributed by atoms with van der Waals surface area (Å²) in [7, 11) is 0. The fourth-order valence-electron chi connectivity index (χ4n) is 1.91. The smallest absolute Gasteiger partial charge is 0.314 e. The van der Waals surface area contributed by atoms with E-state index in [0.29, 0.717) is 15.8 Å². The van der Waals surface area contributed by atoms with Crippen LogP contribution in [0.1, 0.15) is 25.7 Å². The molecule has 0 N–H and O–H groups in total. The van der Waals surface area contributed by atoms with Gasteiger partial charge in [0.15, 0.2) is 0 Å². The molecule has 86 valence electrons. The van der Waals surface area contributed by atoms with Gasteiger partial charge in [-0.05, 0) is 31.0 Å². The second kappa shape index (κ2) is 5.07. The van der Waals surface area contributed by atoms with Gasteiger partial charge in [-0.25, -0.2) is 0 Å². The molecule has 4 heteroatoms. The quantitative estimate of drug-likeness (QED) is 0.590. The molecule has 1 aromatic rings. The van der Waals surface area contributed by atoms with Crippen LogP contribution < -0.4 is 4.74 Å². The minimum absolute atomic E-state index is 0.0340. The van der Waals surface area contributed by atoms with Crippen LogP contribution in [0.4, 0.5) is 0 Å². The van der Waals surface area contributed by atoms with Gasteiger partial charge in [0.05, 0.1) is 10.9 Å². The number of hydrogen-bond donors (Lipinski definition) is 0. The van der Waals surface area contributed by atoms with Crippen molar-refractivity contribution in [2.75, 3.05) is 0 Å². The van der Waals surface area contributed by atoms with E-state index in [9.17, 15) is 4.79 Å². The zero-order chi connectivity index (χ0) is 11.5. The first-order valence-electron chi connectivity index (χ1n) is 5.33. The lowest BCUT2D eigenvalue weighted by Gasteiger charge is -2.10. The molecule has 0 saturated heterocycles. The van der Waals surface area contributed by atoms with E-state index in [4.69, 9.17) is 27.9 Å². The molecule has 16 heavy (non-hydrogen) atoms. The highest BCUT2D eigenvalue weighted by Crippen LogP contribution is 2.31. The molecule has 0 heterocycles. The van der Waals surface area contributed by atoms with Crippen LogP contribution in [0.3, 0.4) is 0 Å². The van der Waals surface area contributed by atoms with E-state index in [1.807, 2.05) is 0 Å². The van der Waals surface area contributed by atoms with Gasteiger partial charge in [-0.3, -0.25) is 4.79 Å². The number of benzene rings is 1. The van der Waals surface area contributed by atoms with Crippen molar-refractivity contribution in [3.05, 3.63) is 28.2 Å². The highest BCUT2D eigenvalue weighted by Gasteiger charge is 2.25. The number of esters is 1. The molecule has 1 aliphatic rings. The van der Waals surface area contributed by atoms with Crippen LogP contribution in [0, 0.1) is 5.92 Å². The normalized spacial score (nSPS) is 16.4. The van der Waals surface area contributed by atoms with Crippen LogP contribution in [0.2, 0.25) is 10.0 Å². The Morgan fingerprint density at radius 3 is 2.56 bits per heavy atom. The largest absolute Gasteiger partial charge is 0.425 e. The lowest BCUT2D eigenvalue weighted by atomic mass is 10.1. The summed E-state index contributed by atoms with van der Waals surface area (Å²) in [6, 6.07) is 4.85. The average Bonchev–Trinajstić information content (AvgIpc) is 2.75. The van der Waals surface area contributed by atoms with Crippen molar-refractivity contribution in [2.24, 2.45) is 5.92 Å². The monoisotopic (exact) mass is 258 g/mol. The van der Waals surface area contributed by atoms with E-state index in [1.165, 1.54) is 0 Å². The molecule has 2 rings (SSSR count). The summed E-state index contributed by atoms with van der Waals surface area (Å²) in [6.07, 6.45) is 4.05. The van der Waals surface area contributed by atoms with Crippen molar-refractivity contribution in [3.63, 3.8) is 0 Å². The molecule has 1 saturated carbocycles. The molecule has 0 aliphatic heterocycles. The van der Waals surface area contributed by atoms with Crippen LogP contribution >= 0.6 is 23.2 Å². The van der Waals surface area contributed by atoms with Crippen molar-refractivity contribution in [3.8, 4) is 5.75 Å². The summed E-state index contributed by atoms with van der Waals surface area (Å²) in [6.45, 7) is 0. The van der Waals surface area contributed by atoms with E-state index in [0.717, 1.165) is 25.7 Å². The van der Waals surface area contributed by atoms with Gasteiger partial charge in [-0.2, -0.15) is 0 Å². The maximum absolute atomic E-state index is 11.7. The Labute approximate surface area is 104 Å². The van der Waals surface area contributed by atoms with Gasteiger partial charge in [-0.15, -0.1) is 0 Å². The molecule has 0 aromatic heterocycles. The Bertz CT molecular complexity index is 398. The summed E-state index contributed by atoms with van der Waals surface area (Å²) < 4.78 is 5.25. The molecule has 0 radical (unpaired) electrons. The number of rotatable bonds is 2. The van der Waals surface area contributed by atoms with Crippen LogP contribution in [0.25, 0.3) is 0 Å². The molecule has 2 nitrogen and oxygen atoms in total. The van der Waals surface area contributed by atoms with Crippen molar-refractivity contribution >= 4 is 29.2 Å². The van der Waals surface area contributed by atoms with Crippen molar-refractivity contribution in [1.29, 1.82) is 0 Å². The van der Waals surface area contributed by atoms with Gasteiger partial charge in [0.1, 0.15) is 5.75 Å². The molecule has 1 fully saturated rings. The van der Waals surface area contributed by atoms with Gasteiger partial charge in [0.25, 0.3) is 0 Å². The Morgan fingerprint density at radius 2 is 1.94 bits per heavy atom. The number of halogens is 2. The predicted octanol–water partition coefficient (Wildman–Crippen LogP) is 4.09. The molecule has 0 bridgehead atoms. The third-order valence-electron chi connectivity index (χ3n) is 2.79. The average molecular weight is 259 g/mol. The van der Waals surface area contributed by atoms with E-state index in [-0.39, 0.29) is 11.9 Å². The minimum Gasteiger partial charge on any atom is -0.425 e. The molecule has 1 aromatic carbocycles. The lowest BCUT2D eigenvalue weighted by Crippen LogP contribution is -2.17. The Balaban J connectivity index is 2.05. The number of hydrogen-bond acceptors (Lipinski definition) is 2. The predicted molar refractivity (Wildman–Crippen MR) is 64.1 cm³/mol. The maximum atomic E-state index is 11.7. The van der Waals surface area contributed by atoms with Gasteiger partial charge >= 0.3 is 5.97 Å². The van der Waals surface area contributed by atoms with Crippen molar-refractivity contribution in [2.45, 2.75) is 25.7 Å². The summed E-state index contributed by atoms with van der Waals surface area (Å²) in [5.41, 5.74) is 0. The molecule has 0 unspecified atom stereocenters. The van der Waals surface area contributed by atoms with Gasteiger partial charge in [-0.1, -0.05) is 36.0 Å². The second-order valence-corrected chi connectivity index (χ2v) is 4.82. The zero-order valence-corrected chi connectivity index (χ0v) is 10.2. The fourth-order valence-corrected chi connectivity index (χ4v) is 2.36. The van der Waals surface area contributed by atoms with E-state index in [1.54, 1.807) is 18.2 Å². The van der Waals surface area contributed by atoms with Crippen LogP contribution in [0.15, 0.2) is 18.2 Å². The third kappa shape index (κ3) is 2.69. The number of ether oxygens (including phenoxy) is 1. The third-order valence-corrected chi connectivity index (χ3v) is 3.32. The molecule has 1 aliphatic carbocycles. The van der Waals surface area contributed by atoms with Crippen LogP contribution in [-0.2, 0) is 4.79 Å². The summed E-state index contributed by atoms with van der Waals surface area (Å²) in [5, 5.41) is 0.907. The van der Waals surface area contributed by atoms with E-state index >= 15 is 0 Å². The number of carbonyl (C=O) groups excluding carboxylic acids is 1. The SMILES string of the molecule is O=C(Oc1ccc(Cl)cc1Cl)C1CCCC1. The summed E-state index contributed by atoms with van der Waals surface area (Å²) in [5.74, 6) is 0.247. The first kappa shape index (κ1) is 11.7. The Morgan fingerprint density at radius 1 is 1.25 bits per heavy atom. The highest BCUT2D eigenvalue weighted by atomic mass is 35.5. The zero-order valence-electron chi connectivity index (χ0n) is 8.71. The van der Waals surface area contributed by atoms with Crippen LogP contribution in [-0.4, -0.2) is 5.97 Å². The van der Waals surface area contributed by atoms with Crippen LogP contribution in [0.5, 0.6) is 5.75 Å². The van der Waals surface area contributed by atoms with Gasteiger partial charge < -0.3 is 4.74 Å². The second-order valence-electron chi connectivity index (χ2n) is 3.98. The summed E-state index contributed by atoms with van der Waals surface area (Å²) >= 11 is 11.7. The lowest BCUT2D eigenvalue weighted by molar-refractivity contribution is -0.138. The summed E-state index contributed by atoms with van der Waals surface area (Å²) in [4.78, 5) is 11.7. The molecular formula is C12H12Cl2O2. The maximum Gasteiger partial charge on any atom is 0.314 e. The molecular weight excluding hydrogens is 247 g/mol. The minimum atomic E-state index is -0.179.